The summed E-state index contributed by atoms with van der Waals surface area (Å²) in [7, 11) is 0. The molecule has 6 heteroatoms. The number of alkyl halides is 3. The average molecular weight is 317 g/mol. The monoisotopic (exact) mass is 317 g/mol. The van der Waals surface area contributed by atoms with Crippen LogP contribution in [0.3, 0.4) is 0 Å². The van der Waals surface area contributed by atoms with Gasteiger partial charge in [-0.2, -0.15) is 18.3 Å². The molecule has 0 saturated carbocycles. The van der Waals surface area contributed by atoms with Gasteiger partial charge in [-0.3, -0.25) is 10.1 Å². The molecule has 0 radical (unpaired) electrons. The number of nitrogens with zero attached hydrogens (tertiary/aromatic N) is 2. The van der Waals surface area contributed by atoms with Gasteiger partial charge in [0.2, 0.25) is 0 Å². The molecule has 0 fully saturated rings. The Morgan fingerprint density at radius 2 is 2.04 bits per heavy atom. The summed E-state index contributed by atoms with van der Waals surface area (Å²) in [6.45, 7) is 1.84. The smallest absolute Gasteiger partial charge is 0.278 e. The Morgan fingerprint density at radius 1 is 1.22 bits per heavy atom. The van der Waals surface area contributed by atoms with Crippen LogP contribution < -0.4 is 0 Å². The van der Waals surface area contributed by atoms with E-state index >= 15 is 0 Å². The number of aromatic amines is 1. The first kappa shape index (κ1) is 15.3. The number of nitrogens with one attached hydrogen (secondary N) is 1. The number of benzene rings is 1. The first-order valence-electron chi connectivity index (χ1n) is 7.14. The van der Waals surface area contributed by atoms with Crippen LogP contribution in [0.25, 0.3) is 22.6 Å². The van der Waals surface area contributed by atoms with Gasteiger partial charge in [-0.1, -0.05) is 19.1 Å². The van der Waals surface area contributed by atoms with Gasteiger partial charge in [-0.25, -0.2) is 0 Å². The number of hydrogen-bond acceptors (Lipinski definition) is 2. The molecule has 2 aromatic heterocycles. The number of H-pyrrole nitrogens is 1. The van der Waals surface area contributed by atoms with Crippen LogP contribution in [0.15, 0.2) is 42.9 Å². The van der Waals surface area contributed by atoms with E-state index in [-0.39, 0.29) is 5.56 Å². The van der Waals surface area contributed by atoms with Crippen molar-refractivity contribution in [3.63, 3.8) is 0 Å². The van der Waals surface area contributed by atoms with Gasteiger partial charge in [0.1, 0.15) is 0 Å². The maximum absolute atomic E-state index is 13.2. The summed E-state index contributed by atoms with van der Waals surface area (Å²) in [4.78, 5) is 3.61. The van der Waals surface area contributed by atoms with Crippen LogP contribution in [0.2, 0.25) is 0 Å². The number of pyridine rings is 1. The third kappa shape index (κ3) is 3.11. The van der Waals surface area contributed by atoms with Crippen molar-refractivity contribution in [2.24, 2.45) is 0 Å². The van der Waals surface area contributed by atoms with Crippen molar-refractivity contribution >= 4 is 22.6 Å². The van der Waals surface area contributed by atoms with E-state index in [2.05, 4.69) is 15.2 Å². The number of hydrogen-bond donors (Lipinski definition) is 1. The maximum Gasteiger partial charge on any atom is 0.418 e. The summed E-state index contributed by atoms with van der Waals surface area (Å²) in [6.07, 6.45) is 1.78. The van der Waals surface area contributed by atoms with E-state index in [0.29, 0.717) is 12.0 Å². The molecule has 0 saturated heterocycles. The number of fused-ring (bicyclic) bond motifs is 1. The summed E-state index contributed by atoms with van der Waals surface area (Å²) < 4.78 is 39.5. The fourth-order valence-electron chi connectivity index (χ4n) is 2.52. The van der Waals surface area contributed by atoms with Gasteiger partial charge in [-0.15, -0.1) is 0 Å². The molecule has 0 spiro atoms. The zero-order chi connectivity index (χ0) is 16.4. The van der Waals surface area contributed by atoms with Crippen molar-refractivity contribution in [3.8, 4) is 0 Å². The summed E-state index contributed by atoms with van der Waals surface area (Å²) in [6, 6.07) is 7.01. The van der Waals surface area contributed by atoms with Crippen molar-refractivity contribution < 1.29 is 13.2 Å². The average Bonchev–Trinajstić information content (AvgIpc) is 2.99. The third-order valence-corrected chi connectivity index (χ3v) is 3.66. The number of rotatable bonds is 3. The molecule has 1 aromatic carbocycles. The summed E-state index contributed by atoms with van der Waals surface area (Å²) in [5, 5.41) is 7.71. The summed E-state index contributed by atoms with van der Waals surface area (Å²) in [5.41, 5.74) is 1.79. The second-order valence-corrected chi connectivity index (χ2v) is 5.16. The van der Waals surface area contributed by atoms with E-state index in [1.54, 1.807) is 12.3 Å². The molecule has 0 bridgehead atoms. The quantitative estimate of drug-likeness (QED) is 0.744. The van der Waals surface area contributed by atoms with E-state index in [1.165, 1.54) is 12.3 Å². The van der Waals surface area contributed by atoms with Crippen molar-refractivity contribution in [2.45, 2.75) is 19.5 Å². The molecule has 0 aliphatic rings. The minimum Gasteiger partial charge on any atom is -0.278 e. The highest BCUT2D eigenvalue weighted by Gasteiger charge is 2.34. The molecule has 3 rings (SSSR count). The molecule has 23 heavy (non-hydrogen) atoms. The van der Waals surface area contributed by atoms with Crippen LogP contribution >= 0.6 is 0 Å². The minimum atomic E-state index is -4.42. The second kappa shape index (κ2) is 5.87. The van der Waals surface area contributed by atoms with Crippen LogP contribution in [-0.4, -0.2) is 15.2 Å². The largest absolute Gasteiger partial charge is 0.418 e. The second-order valence-electron chi connectivity index (χ2n) is 5.16. The highest BCUT2D eigenvalue weighted by molar-refractivity contribution is 5.87. The molecular weight excluding hydrogens is 303 g/mol. The van der Waals surface area contributed by atoms with Crippen LogP contribution in [0.4, 0.5) is 13.2 Å². The normalized spacial score (nSPS) is 12.8. The van der Waals surface area contributed by atoms with Gasteiger partial charge >= 0.3 is 6.18 Å². The van der Waals surface area contributed by atoms with Crippen LogP contribution in [0.1, 0.15) is 30.0 Å². The lowest BCUT2D eigenvalue weighted by molar-refractivity contribution is -0.138. The van der Waals surface area contributed by atoms with E-state index < -0.39 is 11.7 Å². The van der Waals surface area contributed by atoms with Crippen LogP contribution in [0, 0.1) is 0 Å². The van der Waals surface area contributed by atoms with Crippen LogP contribution in [-0.2, 0) is 6.18 Å². The number of aromatic nitrogens is 3. The predicted molar refractivity (Wildman–Crippen MR) is 83.5 cm³/mol. The molecule has 0 atom stereocenters. The first-order chi connectivity index (χ1) is 11.0. The van der Waals surface area contributed by atoms with Crippen molar-refractivity contribution in [3.05, 3.63) is 59.5 Å². The highest BCUT2D eigenvalue weighted by Crippen LogP contribution is 2.36. The van der Waals surface area contributed by atoms with Gasteiger partial charge in [0.05, 0.1) is 17.3 Å². The fourth-order valence-corrected chi connectivity index (χ4v) is 2.52. The molecule has 2 heterocycles. The van der Waals surface area contributed by atoms with Crippen molar-refractivity contribution in [1.29, 1.82) is 0 Å². The number of allylic oxidation sites excluding steroid dienone is 1. The molecule has 3 aromatic rings. The Kier molecular flexibility index (Phi) is 3.90. The Hall–Kier alpha value is -2.63. The van der Waals surface area contributed by atoms with Gasteiger partial charge in [0.15, 0.2) is 0 Å². The van der Waals surface area contributed by atoms with E-state index in [9.17, 15) is 13.2 Å². The van der Waals surface area contributed by atoms with Gasteiger partial charge < -0.3 is 0 Å². The van der Waals surface area contributed by atoms with E-state index in [4.69, 9.17) is 0 Å². The third-order valence-electron chi connectivity index (χ3n) is 3.66. The molecule has 0 unspecified atom stereocenters. The topological polar surface area (TPSA) is 41.6 Å². The Labute approximate surface area is 130 Å². The summed E-state index contributed by atoms with van der Waals surface area (Å²) >= 11 is 0. The lowest BCUT2D eigenvalue weighted by Gasteiger charge is -2.14. The van der Waals surface area contributed by atoms with E-state index in [0.717, 1.165) is 22.7 Å². The van der Waals surface area contributed by atoms with Gasteiger partial charge in [0.25, 0.3) is 0 Å². The van der Waals surface area contributed by atoms with Gasteiger partial charge in [0, 0.05) is 17.8 Å². The standard InChI is InChI=1S/C17H14F3N3/c1-2-12(14-5-6-21-10-15(14)17(18,19)20)7-11-3-4-16-13(8-11)9-22-23-16/h3-10H,2H2,1H3,(H,22,23)/b12-7+. The van der Waals surface area contributed by atoms with Gasteiger partial charge in [-0.05, 0) is 41.3 Å². The van der Waals surface area contributed by atoms with Crippen molar-refractivity contribution in [1.82, 2.24) is 15.2 Å². The lowest BCUT2D eigenvalue weighted by atomic mass is 9.97. The SMILES string of the molecule is CC/C(=C\c1ccc2[nH]ncc2c1)c1ccncc1C(F)(F)F. The molecule has 0 aliphatic carbocycles. The number of halogens is 3. The predicted octanol–water partition coefficient (Wildman–Crippen LogP) is 4.93. The lowest BCUT2D eigenvalue weighted by Crippen LogP contribution is -2.09. The van der Waals surface area contributed by atoms with E-state index in [1.807, 2.05) is 25.1 Å². The zero-order valence-electron chi connectivity index (χ0n) is 12.4. The maximum atomic E-state index is 13.2. The molecule has 1 N–H and O–H groups in total. The summed E-state index contributed by atoms with van der Waals surface area (Å²) in [5.74, 6) is 0. The Bertz CT molecular complexity index is 863. The van der Waals surface area contributed by atoms with Crippen LogP contribution in [0.5, 0.6) is 0 Å². The Balaban J connectivity index is 2.09. The molecule has 0 aliphatic heterocycles. The first-order valence-corrected chi connectivity index (χ1v) is 7.14. The molecule has 0 amide bonds. The zero-order valence-corrected chi connectivity index (χ0v) is 12.4. The molecule has 3 nitrogen and oxygen atoms in total. The fraction of sp³-hybridized carbons (Fsp3) is 0.176. The van der Waals surface area contributed by atoms with Crippen molar-refractivity contribution in [2.75, 3.05) is 0 Å². The highest BCUT2D eigenvalue weighted by atomic mass is 19.4. The minimum absolute atomic E-state index is 0.169. The molecule has 118 valence electrons. The Morgan fingerprint density at radius 3 is 2.78 bits per heavy atom. The molecular formula is C17H14F3N3.